The lowest BCUT2D eigenvalue weighted by atomic mass is 10.1. The largest absolute Gasteiger partial charge is 0.496 e. The average Bonchev–Trinajstić information content (AvgIpc) is 3.07. The van der Waals surface area contributed by atoms with Crippen LogP contribution in [-0.4, -0.2) is 35.4 Å². The zero-order valence-corrected chi connectivity index (χ0v) is 17.6. The first-order chi connectivity index (χ1) is 14.4. The van der Waals surface area contributed by atoms with Gasteiger partial charge in [-0.3, -0.25) is 9.59 Å². The lowest BCUT2D eigenvalue weighted by molar-refractivity contribution is -0.146. The van der Waals surface area contributed by atoms with Crippen LogP contribution in [0.25, 0.3) is 5.69 Å². The Morgan fingerprint density at radius 1 is 1.00 bits per heavy atom. The highest BCUT2D eigenvalue weighted by Crippen LogP contribution is 2.21. The van der Waals surface area contributed by atoms with E-state index in [-0.39, 0.29) is 13.0 Å². The van der Waals surface area contributed by atoms with Gasteiger partial charge >= 0.3 is 5.97 Å². The second-order valence-corrected chi connectivity index (χ2v) is 7.12. The van der Waals surface area contributed by atoms with Gasteiger partial charge in [0.05, 0.1) is 24.9 Å². The summed E-state index contributed by atoms with van der Waals surface area (Å²) in [5.74, 6) is 0.183. The van der Waals surface area contributed by atoms with Gasteiger partial charge in [0, 0.05) is 11.6 Å². The molecule has 1 heterocycles. The number of methoxy groups -OCH3 is 1. The number of carbonyl (C=O) groups is 2. The summed E-state index contributed by atoms with van der Waals surface area (Å²) >= 11 is 0. The Kier molecular flexibility index (Phi) is 6.51. The number of aromatic nitrogens is 2. The molecule has 0 aliphatic carbocycles. The summed E-state index contributed by atoms with van der Waals surface area (Å²) < 4.78 is 12.1. The predicted molar refractivity (Wildman–Crippen MR) is 114 cm³/mol. The van der Waals surface area contributed by atoms with Crippen molar-refractivity contribution in [2.75, 3.05) is 19.0 Å². The summed E-state index contributed by atoms with van der Waals surface area (Å²) in [5, 5.41) is 7.18. The maximum Gasteiger partial charge on any atom is 0.310 e. The summed E-state index contributed by atoms with van der Waals surface area (Å²) in [6.45, 7) is 5.39. The first kappa shape index (κ1) is 21.1. The molecule has 3 rings (SSSR count). The molecule has 0 atom stereocenters. The van der Waals surface area contributed by atoms with E-state index in [1.54, 1.807) is 23.9 Å². The second kappa shape index (κ2) is 9.26. The SMILES string of the molecule is COc1ccc(C)cc1CC(=O)OCC(=O)Nc1cc(C)nn1-c1ccc(C)cc1. The van der Waals surface area contributed by atoms with Crippen molar-refractivity contribution < 1.29 is 19.1 Å². The van der Waals surface area contributed by atoms with Crippen molar-refractivity contribution in [3.8, 4) is 11.4 Å². The predicted octanol–water partition coefficient (Wildman–Crippen LogP) is 3.53. The van der Waals surface area contributed by atoms with Gasteiger partial charge in [0.1, 0.15) is 11.6 Å². The third-order valence-electron chi connectivity index (χ3n) is 4.51. The van der Waals surface area contributed by atoms with Gasteiger partial charge in [-0.05, 0) is 39.0 Å². The zero-order chi connectivity index (χ0) is 21.7. The molecular weight excluding hydrogens is 382 g/mol. The molecular formula is C23H25N3O4. The molecule has 1 amide bonds. The van der Waals surface area contributed by atoms with E-state index in [1.165, 1.54) is 0 Å². The number of amides is 1. The summed E-state index contributed by atoms with van der Waals surface area (Å²) in [7, 11) is 1.55. The molecule has 7 heteroatoms. The minimum absolute atomic E-state index is 0.0263. The molecule has 0 aliphatic rings. The molecule has 7 nitrogen and oxygen atoms in total. The number of esters is 1. The van der Waals surface area contributed by atoms with Crippen molar-refractivity contribution >= 4 is 17.7 Å². The number of aryl methyl sites for hydroxylation is 3. The van der Waals surface area contributed by atoms with Crippen molar-refractivity contribution in [3.63, 3.8) is 0 Å². The van der Waals surface area contributed by atoms with Crippen LogP contribution in [-0.2, 0) is 20.7 Å². The fourth-order valence-corrected chi connectivity index (χ4v) is 3.05. The quantitative estimate of drug-likeness (QED) is 0.606. The number of anilines is 1. The Balaban J connectivity index is 1.61. The molecule has 0 bridgehead atoms. The molecule has 1 N–H and O–H groups in total. The van der Waals surface area contributed by atoms with Crippen LogP contribution in [0, 0.1) is 20.8 Å². The topological polar surface area (TPSA) is 82.4 Å². The van der Waals surface area contributed by atoms with Crippen molar-refractivity contribution in [1.82, 2.24) is 9.78 Å². The molecule has 0 radical (unpaired) electrons. The standard InChI is InChI=1S/C23H25N3O4/c1-15-5-8-19(9-6-15)26-21(12-17(3)25-26)24-22(27)14-30-23(28)13-18-11-16(2)7-10-20(18)29-4/h5-12H,13-14H2,1-4H3,(H,24,27). The first-order valence-electron chi connectivity index (χ1n) is 9.58. The Labute approximate surface area is 175 Å². The van der Waals surface area contributed by atoms with Crippen LogP contribution in [0.1, 0.15) is 22.4 Å². The molecule has 156 valence electrons. The van der Waals surface area contributed by atoms with Gasteiger partial charge in [-0.25, -0.2) is 4.68 Å². The van der Waals surface area contributed by atoms with Gasteiger partial charge in [0.15, 0.2) is 6.61 Å². The van der Waals surface area contributed by atoms with Crippen molar-refractivity contribution in [1.29, 1.82) is 0 Å². The minimum Gasteiger partial charge on any atom is -0.496 e. The Morgan fingerprint density at radius 3 is 2.40 bits per heavy atom. The number of nitrogens with zero attached hydrogens (tertiary/aromatic N) is 2. The first-order valence-corrected chi connectivity index (χ1v) is 9.58. The van der Waals surface area contributed by atoms with Crippen molar-refractivity contribution in [2.45, 2.75) is 27.2 Å². The minimum atomic E-state index is -0.503. The van der Waals surface area contributed by atoms with Crippen molar-refractivity contribution in [2.24, 2.45) is 0 Å². The molecule has 30 heavy (non-hydrogen) atoms. The fraction of sp³-hybridized carbons (Fsp3) is 0.261. The van der Waals surface area contributed by atoms with E-state index >= 15 is 0 Å². The average molecular weight is 407 g/mol. The summed E-state index contributed by atoms with van der Waals surface area (Å²) in [4.78, 5) is 24.5. The van der Waals surface area contributed by atoms with E-state index in [1.807, 2.05) is 57.2 Å². The van der Waals surface area contributed by atoms with Gasteiger partial charge in [0.2, 0.25) is 0 Å². The number of benzene rings is 2. The van der Waals surface area contributed by atoms with E-state index in [9.17, 15) is 9.59 Å². The van der Waals surface area contributed by atoms with Gasteiger partial charge in [-0.2, -0.15) is 5.10 Å². The molecule has 0 spiro atoms. The molecule has 0 saturated carbocycles. The Hall–Kier alpha value is -3.61. The van der Waals surface area contributed by atoms with Crippen LogP contribution in [0.3, 0.4) is 0 Å². The number of nitrogens with one attached hydrogen (secondary N) is 1. The Morgan fingerprint density at radius 2 is 1.70 bits per heavy atom. The second-order valence-electron chi connectivity index (χ2n) is 7.12. The maximum absolute atomic E-state index is 12.3. The molecule has 0 saturated heterocycles. The molecule has 1 aromatic heterocycles. The number of hydrogen-bond acceptors (Lipinski definition) is 5. The van der Waals surface area contributed by atoms with Crippen LogP contribution in [0.5, 0.6) is 5.75 Å². The van der Waals surface area contributed by atoms with E-state index in [0.717, 1.165) is 28.1 Å². The van der Waals surface area contributed by atoms with E-state index < -0.39 is 11.9 Å². The van der Waals surface area contributed by atoms with Crippen LogP contribution in [0.2, 0.25) is 0 Å². The smallest absolute Gasteiger partial charge is 0.310 e. The zero-order valence-electron chi connectivity index (χ0n) is 17.6. The summed E-state index contributed by atoms with van der Waals surface area (Å²) in [6.07, 6.45) is 0.0263. The Bertz CT molecular complexity index is 1050. The lowest BCUT2D eigenvalue weighted by Gasteiger charge is -2.11. The van der Waals surface area contributed by atoms with E-state index in [2.05, 4.69) is 10.4 Å². The summed E-state index contributed by atoms with van der Waals surface area (Å²) in [6, 6.07) is 15.1. The normalized spacial score (nSPS) is 10.5. The van der Waals surface area contributed by atoms with Gasteiger partial charge in [-0.15, -0.1) is 0 Å². The number of ether oxygens (including phenoxy) is 2. The number of carbonyl (C=O) groups excluding carboxylic acids is 2. The maximum atomic E-state index is 12.3. The highest BCUT2D eigenvalue weighted by molar-refractivity contribution is 5.92. The third kappa shape index (κ3) is 5.26. The van der Waals surface area contributed by atoms with Crippen LogP contribution in [0.4, 0.5) is 5.82 Å². The molecule has 2 aromatic carbocycles. The highest BCUT2D eigenvalue weighted by Gasteiger charge is 2.15. The van der Waals surface area contributed by atoms with E-state index in [0.29, 0.717) is 11.6 Å². The van der Waals surface area contributed by atoms with Crippen LogP contribution < -0.4 is 10.1 Å². The third-order valence-corrected chi connectivity index (χ3v) is 4.51. The van der Waals surface area contributed by atoms with Gasteiger partial charge in [0.25, 0.3) is 5.91 Å². The number of hydrogen-bond donors (Lipinski definition) is 1. The van der Waals surface area contributed by atoms with Gasteiger partial charge in [-0.1, -0.05) is 35.4 Å². The van der Waals surface area contributed by atoms with Gasteiger partial charge < -0.3 is 14.8 Å². The monoisotopic (exact) mass is 407 g/mol. The van der Waals surface area contributed by atoms with Crippen molar-refractivity contribution in [3.05, 3.63) is 70.9 Å². The molecule has 0 aliphatic heterocycles. The molecule has 3 aromatic rings. The van der Waals surface area contributed by atoms with E-state index in [4.69, 9.17) is 9.47 Å². The molecule has 0 unspecified atom stereocenters. The van der Waals surface area contributed by atoms with Crippen LogP contribution >= 0.6 is 0 Å². The summed E-state index contributed by atoms with van der Waals surface area (Å²) in [5.41, 5.74) is 4.44. The molecule has 0 fully saturated rings. The number of rotatable bonds is 7. The van der Waals surface area contributed by atoms with Crippen LogP contribution in [0.15, 0.2) is 48.5 Å². The fourth-order valence-electron chi connectivity index (χ4n) is 3.05. The lowest BCUT2D eigenvalue weighted by Crippen LogP contribution is -2.23. The highest BCUT2D eigenvalue weighted by atomic mass is 16.5.